The summed E-state index contributed by atoms with van der Waals surface area (Å²) in [7, 11) is -3.38. The molecule has 1 aliphatic heterocycles. The van der Waals surface area contributed by atoms with Gasteiger partial charge < -0.3 is 0 Å². The van der Waals surface area contributed by atoms with E-state index in [1.807, 2.05) is 25.1 Å². The quantitative estimate of drug-likeness (QED) is 0.898. The first-order valence-electron chi connectivity index (χ1n) is 5.93. The van der Waals surface area contributed by atoms with Crippen molar-refractivity contribution in [1.82, 2.24) is 4.31 Å². The van der Waals surface area contributed by atoms with E-state index >= 15 is 0 Å². The van der Waals surface area contributed by atoms with Crippen molar-refractivity contribution in [2.75, 3.05) is 17.8 Å². The molecule has 1 fully saturated rings. The number of anilines is 1. The summed E-state index contributed by atoms with van der Waals surface area (Å²) in [5.41, 5.74) is 1.60. The van der Waals surface area contributed by atoms with Crippen molar-refractivity contribution in [3.05, 3.63) is 29.8 Å². The van der Waals surface area contributed by atoms with E-state index in [-0.39, 0.29) is 0 Å². The van der Waals surface area contributed by atoms with Gasteiger partial charge in [0.1, 0.15) is 0 Å². The highest BCUT2D eigenvalue weighted by Gasteiger charge is 2.23. The Hall–Kier alpha value is -1.07. The molecule has 0 bridgehead atoms. The van der Waals surface area contributed by atoms with Crippen molar-refractivity contribution in [1.29, 1.82) is 0 Å². The van der Waals surface area contributed by atoms with Crippen LogP contribution in [0.2, 0.25) is 0 Å². The molecule has 0 aliphatic carbocycles. The summed E-state index contributed by atoms with van der Waals surface area (Å²) < 4.78 is 28.4. The van der Waals surface area contributed by atoms with E-state index in [4.69, 9.17) is 0 Å². The van der Waals surface area contributed by atoms with E-state index in [0.717, 1.165) is 24.8 Å². The molecule has 1 saturated heterocycles. The van der Waals surface area contributed by atoms with Crippen LogP contribution in [-0.4, -0.2) is 25.8 Å². The molecular formula is C12H18N2O2S. The molecular weight excluding hydrogens is 236 g/mol. The molecule has 2 rings (SSSR count). The molecule has 17 heavy (non-hydrogen) atoms. The van der Waals surface area contributed by atoms with Crippen LogP contribution in [0, 0.1) is 6.92 Å². The third-order valence-electron chi connectivity index (χ3n) is 3.04. The highest BCUT2D eigenvalue weighted by molar-refractivity contribution is 7.90. The van der Waals surface area contributed by atoms with Crippen LogP contribution < -0.4 is 4.72 Å². The lowest BCUT2D eigenvalue weighted by Gasteiger charge is -2.26. The molecule has 0 atom stereocenters. The molecule has 0 radical (unpaired) electrons. The first kappa shape index (κ1) is 12.4. The van der Waals surface area contributed by atoms with Crippen molar-refractivity contribution in [2.24, 2.45) is 0 Å². The van der Waals surface area contributed by atoms with Crippen LogP contribution in [0.1, 0.15) is 24.8 Å². The number of benzene rings is 1. The molecule has 1 aliphatic rings. The van der Waals surface area contributed by atoms with Crippen molar-refractivity contribution >= 4 is 15.9 Å². The SMILES string of the molecule is Cc1ccccc1NS(=O)(=O)N1CCCCC1. The molecule has 1 aromatic carbocycles. The van der Waals surface area contributed by atoms with E-state index in [9.17, 15) is 8.42 Å². The molecule has 0 aromatic heterocycles. The first-order valence-corrected chi connectivity index (χ1v) is 7.37. The second-order valence-corrected chi connectivity index (χ2v) is 6.05. The molecule has 0 unspecified atom stereocenters. The van der Waals surface area contributed by atoms with Gasteiger partial charge in [-0.25, -0.2) is 0 Å². The first-order chi connectivity index (χ1) is 8.09. The Morgan fingerprint density at radius 2 is 1.76 bits per heavy atom. The number of hydrogen-bond donors (Lipinski definition) is 1. The Morgan fingerprint density at radius 1 is 1.12 bits per heavy atom. The Labute approximate surface area is 103 Å². The van der Waals surface area contributed by atoms with Gasteiger partial charge in [0.25, 0.3) is 0 Å². The maximum absolute atomic E-state index is 12.1. The van der Waals surface area contributed by atoms with E-state index < -0.39 is 10.2 Å². The van der Waals surface area contributed by atoms with Gasteiger partial charge in [0.05, 0.1) is 5.69 Å². The normalized spacial score (nSPS) is 17.9. The smallest absolute Gasteiger partial charge is 0.271 e. The number of para-hydroxylation sites is 1. The predicted octanol–water partition coefficient (Wildman–Crippen LogP) is 2.14. The number of hydrogen-bond acceptors (Lipinski definition) is 2. The third-order valence-corrected chi connectivity index (χ3v) is 4.56. The van der Waals surface area contributed by atoms with Gasteiger partial charge in [-0.2, -0.15) is 12.7 Å². The largest absolute Gasteiger partial charge is 0.301 e. The second-order valence-electron chi connectivity index (χ2n) is 4.38. The Morgan fingerprint density at radius 3 is 2.41 bits per heavy atom. The van der Waals surface area contributed by atoms with Crippen molar-refractivity contribution < 1.29 is 8.42 Å². The second kappa shape index (κ2) is 5.06. The highest BCUT2D eigenvalue weighted by atomic mass is 32.2. The number of aryl methyl sites for hydroxylation is 1. The van der Waals surface area contributed by atoms with Gasteiger partial charge in [-0.15, -0.1) is 0 Å². The van der Waals surface area contributed by atoms with Gasteiger partial charge in [-0.05, 0) is 31.4 Å². The van der Waals surface area contributed by atoms with Crippen LogP contribution in [0.4, 0.5) is 5.69 Å². The minimum Gasteiger partial charge on any atom is -0.271 e. The summed E-state index contributed by atoms with van der Waals surface area (Å²) in [6.45, 7) is 3.15. The minimum atomic E-state index is -3.38. The topological polar surface area (TPSA) is 49.4 Å². The Balaban J connectivity index is 2.14. The van der Waals surface area contributed by atoms with Crippen LogP contribution in [0.3, 0.4) is 0 Å². The molecule has 0 saturated carbocycles. The van der Waals surface area contributed by atoms with Crippen LogP contribution in [0.15, 0.2) is 24.3 Å². The maximum atomic E-state index is 12.1. The zero-order valence-corrected chi connectivity index (χ0v) is 10.8. The summed E-state index contributed by atoms with van der Waals surface area (Å²) in [5.74, 6) is 0. The average Bonchev–Trinajstić information content (AvgIpc) is 2.33. The monoisotopic (exact) mass is 254 g/mol. The van der Waals surface area contributed by atoms with Crippen molar-refractivity contribution in [3.63, 3.8) is 0 Å². The van der Waals surface area contributed by atoms with E-state index in [1.54, 1.807) is 6.07 Å². The summed E-state index contributed by atoms with van der Waals surface area (Å²) in [6.07, 6.45) is 3.03. The van der Waals surface area contributed by atoms with E-state index in [2.05, 4.69) is 4.72 Å². The molecule has 94 valence electrons. The molecule has 1 heterocycles. The lowest BCUT2D eigenvalue weighted by atomic mass is 10.2. The van der Waals surface area contributed by atoms with Crippen LogP contribution in [0.25, 0.3) is 0 Å². The lowest BCUT2D eigenvalue weighted by molar-refractivity contribution is 0.349. The number of nitrogens with one attached hydrogen (secondary N) is 1. The lowest BCUT2D eigenvalue weighted by Crippen LogP contribution is -2.39. The molecule has 0 spiro atoms. The summed E-state index contributed by atoms with van der Waals surface area (Å²) >= 11 is 0. The van der Waals surface area contributed by atoms with E-state index in [0.29, 0.717) is 18.8 Å². The molecule has 4 nitrogen and oxygen atoms in total. The number of rotatable bonds is 3. The molecule has 0 amide bonds. The summed E-state index contributed by atoms with van der Waals surface area (Å²) in [6, 6.07) is 7.42. The van der Waals surface area contributed by atoms with Crippen LogP contribution >= 0.6 is 0 Å². The van der Waals surface area contributed by atoms with Crippen molar-refractivity contribution in [3.8, 4) is 0 Å². The minimum absolute atomic E-state index is 0.626. The standard InChI is InChI=1S/C12H18N2O2S/c1-11-7-3-4-8-12(11)13-17(15,16)14-9-5-2-6-10-14/h3-4,7-8,13H,2,5-6,9-10H2,1H3. The summed E-state index contributed by atoms with van der Waals surface area (Å²) in [4.78, 5) is 0. The Kier molecular flexibility index (Phi) is 3.69. The third kappa shape index (κ3) is 2.98. The molecule has 5 heteroatoms. The average molecular weight is 254 g/mol. The van der Waals surface area contributed by atoms with Gasteiger partial charge in [0.15, 0.2) is 0 Å². The fraction of sp³-hybridized carbons (Fsp3) is 0.500. The number of piperidine rings is 1. The highest BCUT2D eigenvalue weighted by Crippen LogP contribution is 2.19. The number of nitrogens with zero attached hydrogens (tertiary/aromatic N) is 1. The summed E-state index contributed by atoms with van der Waals surface area (Å²) in [5, 5.41) is 0. The van der Waals surface area contributed by atoms with Crippen LogP contribution in [0.5, 0.6) is 0 Å². The van der Waals surface area contributed by atoms with Gasteiger partial charge in [0, 0.05) is 13.1 Å². The zero-order chi connectivity index (χ0) is 12.3. The van der Waals surface area contributed by atoms with E-state index in [1.165, 1.54) is 4.31 Å². The fourth-order valence-electron chi connectivity index (χ4n) is 2.00. The van der Waals surface area contributed by atoms with Gasteiger partial charge in [0.2, 0.25) is 0 Å². The molecule has 1 aromatic rings. The van der Waals surface area contributed by atoms with Gasteiger partial charge in [-0.1, -0.05) is 24.6 Å². The maximum Gasteiger partial charge on any atom is 0.301 e. The molecule has 1 N–H and O–H groups in total. The van der Waals surface area contributed by atoms with Crippen LogP contribution in [-0.2, 0) is 10.2 Å². The zero-order valence-electron chi connectivity index (χ0n) is 10.0. The predicted molar refractivity (Wildman–Crippen MR) is 69.1 cm³/mol. The van der Waals surface area contributed by atoms with Gasteiger partial charge in [-0.3, -0.25) is 4.72 Å². The fourth-order valence-corrected chi connectivity index (χ4v) is 3.37. The Bertz CT molecular complexity index is 479. The van der Waals surface area contributed by atoms with Gasteiger partial charge >= 0.3 is 10.2 Å². The van der Waals surface area contributed by atoms with Crippen molar-refractivity contribution in [2.45, 2.75) is 26.2 Å².